The van der Waals surface area contributed by atoms with Crippen LogP contribution >= 0.6 is 15.9 Å². The van der Waals surface area contributed by atoms with E-state index >= 15 is 0 Å². The normalized spacial score (nSPS) is 14.1. The summed E-state index contributed by atoms with van der Waals surface area (Å²) >= 11 is 3.40. The Morgan fingerprint density at radius 1 is 1.07 bits per heavy atom. The number of methoxy groups -OCH3 is 1. The van der Waals surface area contributed by atoms with Crippen molar-refractivity contribution >= 4 is 49.1 Å². The maximum Gasteiger partial charge on any atom is 0.273 e. The minimum atomic E-state index is -4.48. The number of nitro benzene ring substituents is 1. The molecule has 234 valence electrons. The van der Waals surface area contributed by atoms with Crippen LogP contribution in [0.1, 0.15) is 43.7 Å². The molecule has 3 aromatic rings. The SMILES string of the molecule is COc1ccc(N(CC(=O)N(Cc2ccc(Br)cc2)[C@@H](C)C(=O)NC2CCCC2)S(=O)(=O)c2ccc(C)c([N+](=O)[O-])c2)cc1. The van der Waals surface area contributed by atoms with Crippen LogP contribution in [0.15, 0.2) is 76.1 Å². The van der Waals surface area contributed by atoms with Crippen molar-refractivity contribution in [3.63, 3.8) is 0 Å². The monoisotopic (exact) mass is 686 g/mol. The molecule has 0 unspecified atom stereocenters. The quantitative estimate of drug-likeness (QED) is 0.200. The first kappa shape index (κ1) is 32.9. The van der Waals surface area contributed by atoms with Gasteiger partial charge in [-0.2, -0.15) is 0 Å². The van der Waals surface area contributed by atoms with Crippen LogP contribution in [0.3, 0.4) is 0 Å². The zero-order valence-corrected chi connectivity index (χ0v) is 27.1. The molecular weight excluding hydrogens is 652 g/mol. The predicted octanol–water partition coefficient (Wildman–Crippen LogP) is 5.35. The Bertz CT molecular complexity index is 1610. The zero-order chi connectivity index (χ0) is 32.0. The predicted molar refractivity (Wildman–Crippen MR) is 170 cm³/mol. The van der Waals surface area contributed by atoms with Gasteiger partial charge >= 0.3 is 0 Å². The molecule has 1 fully saturated rings. The number of hydrogen-bond acceptors (Lipinski definition) is 7. The van der Waals surface area contributed by atoms with Crippen LogP contribution in [-0.4, -0.2) is 55.8 Å². The number of halogens is 1. The Kier molecular flexibility index (Phi) is 10.6. The van der Waals surface area contributed by atoms with Gasteiger partial charge in [0.25, 0.3) is 15.7 Å². The van der Waals surface area contributed by atoms with E-state index in [2.05, 4.69) is 21.2 Å². The van der Waals surface area contributed by atoms with E-state index in [-0.39, 0.29) is 34.8 Å². The summed E-state index contributed by atoms with van der Waals surface area (Å²) in [6.07, 6.45) is 3.77. The van der Waals surface area contributed by atoms with Gasteiger partial charge in [-0.3, -0.25) is 24.0 Å². The van der Waals surface area contributed by atoms with Crippen molar-refractivity contribution in [2.75, 3.05) is 18.0 Å². The molecule has 1 atom stereocenters. The van der Waals surface area contributed by atoms with Crippen molar-refractivity contribution in [2.24, 2.45) is 0 Å². The summed E-state index contributed by atoms with van der Waals surface area (Å²) in [6.45, 7) is 2.53. The number of amides is 2. The highest BCUT2D eigenvalue weighted by molar-refractivity contribution is 9.10. The van der Waals surface area contributed by atoms with Gasteiger partial charge in [0.15, 0.2) is 0 Å². The third-order valence-electron chi connectivity index (χ3n) is 7.74. The molecule has 0 saturated heterocycles. The van der Waals surface area contributed by atoms with E-state index in [1.54, 1.807) is 19.1 Å². The van der Waals surface area contributed by atoms with Gasteiger partial charge in [-0.05, 0) is 74.7 Å². The molecule has 1 aliphatic carbocycles. The Labute approximate surface area is 265 Å². The maximum atomic E-state index is 14.1. The summed E-state index contributed by atoms with van der Waals surface area (Å²) in [5.74, 6) is -0.476. The van der Waals surface area contributed by atoms with E-state index in [0.717, 1.165) is 46.1 Å². The summed E-state index contributed by atoms with van der Waals surface area (Å²) in [6, 6.07) is 16.1. The minimum absolute atomic E-state index is 0.0306. The van der Waals surface area contributed by atoms with Crippen LogP contribution in [0.5, 0.6) is 5.75 Å². The number of nitrogens with one attached hydrogen (secondary N) is 1. The molecule has 3 aromatic carbocycles. The van der Waals surface area contributed by atoms with Gasteiger partial charge < -0.3 is 15.0 Å². The topological polar surface area (TPSA) is 139 Å². The molecule has 1 saturated carbocycles. The van der Waals surface area contributed by atoms with Gasteiger partial charge in [0.05, 0.1) is 22.6 Å². The lowest BCUT2D eigenvalue weighted by Crippen LogP contribution is -2.52. The molecule has 0 aliphatic heterocycles. The molecule has 0 spiro atoms. The lowest BCUT2D eigenvalue weighted by molar-refractivity contribution is -0.385. The Morgan fingerprint density at radius 2 is 1.70 bits per heavy atom. The van der Waals surface area contributed by atoms with Crippen molar-refractivity contribution in [2.45, 2.75) is 63.1 Å². The van der Waals surface area contributed by atoms with Crippen molar-refractivity contribution in [1.82, 2.24) is 10.2 Å². The number of hydrogen-bond donors (Lipinski definition) is 1. The molecule has 0 bridgehead atoms. The number of carbonyl (C=O) groups is 2. The molecule has 0 aromatic heterocycles. The van der Waals surface area contributed by atoms with Crippen LogP contribution in [0, 0.1) is 17.0 Å². The summed E-state index contributed by atoms with van der Waals surface area (Å²) in [5.41, 5.74) is 0.828. The first-order chi connectivity index (χ1) is 20.9. The van der Waals surface area contributed by atoms with Crippen LogP contribution in [0.2, 0.25) is 0 Å². The highest BCUT2D eigenvalue weighted by atomic mass is 79.9. The molecule has 1 aliphatic rings. The van der Waals surface area contributed by atoms with Crippen LogP contribution < -0.4 is 14.4 Å². The number of anilines is 1. The lowest BCUT2D eigenvalue weighted by Gasteiger charge is -2.32. The largest absolute Gasteiger partial charge is 0.497 e. The van der Waals surface area contributed by atoms with E-state index in [0.29, 0.717) is 11.3 Å². The second-order valence-electron chi connectivity index (χ2n) is 10.7. The van der Waals surface area contributed by atoms with Crippen LogP contribution in [0.25, 0.3) is 0 Å². The molecule has 11 nitrogen and oxygen atoms in total. The highest BCUT2D eigenvalue weighted by Gasteiger charge is 2.34. The number of aryl methyl sites for hydroxylation is 1. The van der Waals surface area contributed by atoms with E-state index in [9.17, 15) is 28.1 Å². The number of carbonyl (C=O) groups excluding carboxylic acids is 2. The fraction of sp³-hybridized carbons (Fsp3) is 0.355. The first-order valence-electron chi connectivity index (χ1n) is 14.2. The number of rotatable bonds is 12. The average Bonchev–Trinajstić information content (AvgIpc) is 3.52. The van der Waals surface area contributed by atoms with E-state index < -0.39 is 33.4 Å². The summed E-state index contributed by atoms with van der Waals surface area (Å²) < 4.78 is 35.1. The molecule has 0 radical (unpaired) electrons. The second-order valence-corrected chi connectivity index (χ2v) is 13.5. The molecule has 2 amide bonds. The number of nitrogens with zero attached hydrogens (tertiary/aromatic N) is 3. The third kappa shape index (κ3) is 7.75. The van der Waals surface area contributed by atoms with Gasteiger partial charge in [-0.25, -0.2) is 8.42 Å². The summed E-state index contributed by atoms with van der Waals surface area (Å²) in [5, 5.41) is 14.7. The summed E-state index contributed by atoms with van der Waals surface area (Å²) in [7, 11) is -3.02. The zero-order valence-electron chi connectivity index (χ0n) is 24.7. The first-order valence-corrected chi connectivity index (χ1v) is 16.4. The fourth-order valence-corrected chi connectivity index (χ4v) is 6.81. The number of ether oxygens (including phenoxy) is 1. The van der Waals surface area contributed by atoms with Gasteiger partial charge in [0, 0.05) is 28.7 Å². The van der Waals surface area contributed by atoms with Gasteiger partial charge in [-0.1, -0.05) is 47.0 Å². The lowest BCUT2D eigenvalue weighted by atomic mass is 10.1. The van der Waals surface area contributed by atoms with Crippen LogP contribution in [0.4, 0.5) is 11.4 Å². The second kappa shape index (κ2) is 14.2. The Balaban J connectivity index is 1.73. The number of nitro groups is 1. The van der Waals surface area contributed by atoms with Gasteiger partial charge in [0.1, 0.15) is 18.3 Å². The number of sulfonamides is 1. The molecule has 0 heterocycles. The molecule has 4 rings (SSSR count). The van der Waals surface area contributed by atoms with E-state index in [1.165, 1.54) is 43.2 Å². The van der Waals surface area contributed by atoms with Crippen molar-refractivity contribution in [3.8, 4) is 5.75 Å². The van der Waals surface area contributed by atoms with Crippen molar-refractivity contribution in [3.05, 3.63) is 92.4 Å². The smallest absolute Gasteiger partial charge is 0.273 e. The maximum absolute atomic E-state index is 14.1. The highest BCUT2D eigenvalue weighted by Crippen LogP contribution is 2.30. The Morgan fingerprint density at radius 3 is 2.30 bits per heavy atom. The standard InChI is InChI=1S/C31H35BrN4O7S/c1-21-8-17-28(18-29(21)36(39)40)44(41,42)35(26-13-15-27(43-3)16-14-26)20-30(37)34(19-23-9-11-24(32)12-10-23)22(2)31(38)33-25-6-4-5-7-25/h8-18,22,25H,4-7,19-20H2,1-3H3,(H,33,38)/t22-/m0/s1. The van der Waals surface area contributed by atoms with E-state index in [4.69, 9.17) is 4.74 Å². The van der Waals surface area contributed by atoms with Crippen LogP contribution in [-0.2, 0) is 26.2 Å². The molecular formula is C31H35BrN4O7S. The van der Waals surface area contributed by atoms with Crippen molar-refractivity contribution < 1.29 is 27.7 Å². The molecule has 1 N–H and O–H groups in total. The third-order valence-corrected chi connectivity index (χ3v) is 10.0. The number of benzene rings is 3. The summed E-state index contributed by atoms with van der Waals surface area (Å²) in [4.78, 5) is 39.4. The average molecular weight is 688 g/mol. The van der Waals surface area contributed by atoms with Crippen molar-refractivity contribution in [1.29, 1.82) is 0 Å². The van der Waals surface area contributed by atoms with Gasteiger partial charge in [-0.15, -0.1) is 0 Å². The Hall–Kier alpha value is -3.97. The minimum Gasteiger partial charge on any atom is -0.497 e. The molecule has 44 heavy (non-hydrogen) atoms. The molecule has 13 heteroatoms. The fourth-order valence-electron chi connectivity index (χ4n) is 5.11. The van der Waals surface area contributed by atoms with Gasteiger partial charge in [0.2, 0.25) is 11.8 Å². The van der Waals surface area contributed by atoms with E-state index in [1.807, 2.05) is 24.3 Å².